The Morgan fingerprint density at radius 3 is 2.67 bits per heavy atom. The predicted molar refractivity (Wildman–Crippen MR) is 48.5 cm³/mol. The third-order valence-corrected chi connectivity index (χ3v) is 3.79. The van der Waals surface area contributed by atoms with Crippen molar-refractivity contribution in [3.8, 4) is 0 Å². The predicted octanol–water partition coefficient (Wildman–Crippen LogP) is 0.115. The fourth-order valence-electron chi connectivity index (χ4n) is 0.780. The van der Waals surface area contributed by atoms with Crippen molar-refractivity contribution in [1.29, 1.82) is 0 Å². The van der Waals surface area contributed by atoms with Crippen molar-refractivity contribution in [3.05, 3.63) is 17.0 Å². The number of sulfonamides is 1. The summed E-state index contributed by atoms with van der Waals surface area (Å²) in [5.41, 5.74) is 0. The molecule has 0 bridgehead atoms. The first-order valence-corrected chi connectivity index (χ1v) is 5.66. The molecule has 68 valence electrons. The zero-order valence-corrected chi connectivity index (χ0v) is 8.21. The monoisotopic (exact) mass is 206 g/mol. The van der Waals surface area contributed by atoms with Gasteiger partial charge in [0.05, 0.1) is 0 Å². The molecule has 0 radical (unpaired) electrons. The van der Waals surface area contributed by atoms with E-state index in [1.807, 2.05) is 0 Å². The molecule has 0 aliphatic heterocycles. The highest BCUT2D eigenvalue weighted by atomic mass is 32.2. The number of primary sulfonamides is 1. The Balaban J connectivity index is 2.92. The van der Waals surface area contributed by atoms with E-state index in [0.717, 1.165) is 4.88 Å². The zero-order valence-electron chi connectivity index (χ0n) is 6.57. The quantitative estimate of drug-likeness (QED) is 0.737. The summed E-state index contributed by atoms with van der Waals surface area (Å²) < 4.78 is 21.9. The lowest BCUT2D eigenvalue weighted by molar-refractivity contribution is 0.600. The van der Waals surface area contributed by atoms with E-state index in [0.29, 0.717) is 6.54 Å². The Labute approximate surface area is 75.5 Å². The largest absolute Gasteiger partial charge is 0.315 e. The summed E-state index contributed by atoms with van der Waals surface area (Å²) in [6.45, 7) is 0.667. The fourth-order valence-corrected chi connectivity index (χ4v) is 2.57. The zero-order chi connectivity index (χ0) is 9.19. The Bertz CT molecular complexity index is 355. The number of nitrogens with one attached hydrogen (secondary N) is 1. The van der Waals surface area contributed by atoms with E-state index in [1.165, 1.54) is 17.4 Å². The van der Waals surface area contributed by atoms with E-state index in [4.69, 9.17) is 5.14 Å². The van der Waals surface area contributed by atoms with Gasteiger partial charge < -0.3 is 5.32 Å². The molecule has 1 rings (SSSR count). The van der Waals surface area contributed by atoms with E-state index in [1.54, 1.807) is 13.1 Å². The lowest BCUT2D eigenvalue weighted by Gasteiger charge is -1.92. The molecule has 0 saturated heterocycles. The topological polar surface area (TPSA) is 72.2 Å². The van der Waals surface area contributed by atoms with Crippen LogP contribution in [0.5, 0.6) is 0 Å². The highest BCUT2D eigenvalue weighted by molar-refractivity contribution is 7.91. The summed E-state index contributed by atoms with van der Waals surface area (Å²) in [6.07, 6.45) is 0. The van der Waals surface area contributed by atoms with Gasteiger partial charge in [-0.3, -0.25) is 0 Å². The molecule has 0 spiro atoms. The van der Waals surface area contributed by atoms with Gasteiger partial charge >= 0.3 is 0 Å². The van der Waals surface area contributed by atoms with Crippen LogP contribution in [0.25, 0.3) is 0 Å². The second kappa shape index (κ2) is 3.53. The van der Waals surface area contributed by atoms with Crippen LogP contribution in [0.15, 0.2) is 16.3 Å². The van der Waals surface area contributed by atoms with Crippen LogP contribution >= 0.6 is 11.3 Å². The van der Waals surface area contributed by atoms with Crippen LogP contribution in [0, 0.1) is 0 Å². The molecule has 1 heterocycles. The lowest BCUT2D eigenvalue weighted by atomic mass is 10.5. The standard InChI is InChI=1S/C6H10N2O2S2/c1-8-4-5-2-3-6(11-5)12(7,9)10/h2-3,8H,4H2,1H3,(H2,7,9,10). The van der Waals surface area contributed by atoms with Gasteiger partial charge in [0.15, 0.2) is 0 Å². The molecule has 0 aromatic carbocycles. The smallest absolute Gasteiger partial charge is 0.247 e. The van der Waals surface area contributed by atoms with E-state index in [-0.39, 0.29) is 4.21 Å². The van der Waals surface area contributed by atoms with Crippen molar-refractivity contribution in [2.24, 2.45) is 5.14 Å². The molecule has 0 aliphatic rings. The molecule has 3 N–H and O–H groups in total. The molecule has 0 fully saturated rings. The van der Waals surface area contributed by atoms with Gasteiger partial charge in [0, 0.05) is 11.4 Å². The Hall–Kier alpha value is -0.430. The van der Waals surface area contributed by atoms with E-state index >= 15 is 0 Å². The van der Waals surface area contributed by atoms with Gasteiger partial charge in [-0.15, -0.1) is 11.3 Å². The molecule has 1 aromatic rings. The molecule has 0 saturated carbocycles. The first-order chi connectivity index (χ1) is 5.54. The summed E-state index contributed by atoms with van der Waals surface area (Å²) in [6, 6.07) is 3.27. The van der Waals surface area contributed by atoms with Gasteiger partial charge in [0.1, 0.15) is 4.21 Å². The average molecular weight is 206 g/mol. The minimum Gasteiger partial charge on any atom is -0.315 e. The van der Waals surface area contributed by atoms with E-state index in [9.17, 15) is 8.42 Å². The van der Waals surface area contributed by atoms with Crippen molar-refractivity contribution in [2.45, 2.75) is 10.8 Å². The summed E-state index contributed by atoms with van der Waals surface area (Å²) >= 11 is 1.19. The summed E-state index contributed by atoms with van der Waals surface area (Å²) in [5, 5.41) is 7.85. The van der Waals surface area contributed by atoms with Crippen molar-refractivity contribution in [1.82, 2.24) is 5.32 Å². The minimum absolute atomic E-state index is 0.216. The Morgan fingerprint density at radius 1 is 1.58 bits per heavy atom. The van der Waals surface area contributed by atoms with E-state index in [2.05, 4.69) is 5.32 Å². The maximum absolute atomic E-state index is 10.8. The maximum Gasteiger partial charge on any atom is 0.247 e. The minimum atomic E-state index is -3.51. The van der Waals surface area contributed by atoms with Crippen molar-refractivity contribution in [3.63, 3.8) is 0 Å². The molecule has 1 aromatic heterocycles. The Kier molecular flexibility index (Phi) is 2.84. The Morgan fingerprint density at radius 2 is 2.25 bits per heavy atom. The number of nitrogens with two attached hydrogens (primary N) is 1. The summed E-state index contributed by atoms with van der Waals surface area (Å²) in [5.74, 6) is 0. The third-order valence-electron chi connectivity index (χ3n) is 1.27. The number of rotatable bonds is 3. The number of hydrogen-bond acceptors (Lipinski definition) is 4. The number of hydrogen-bond donors (Lipinski definition) is 2. The molecule has 0 unspecified atom stereocenters. The molecule has 6 heteroatoms. The molecule has 0 atom stereocenters. The van der Waals surface area contributed by atoms with Crippen LogP contribution in [0.2, 0.25) is 0 Å². The van der Waals surface area contributed by atoms with Gasteiger partial charge in [-0.2, -0.15) is 0 Å². The van der Waals surface area contributed by atoms with Gasteiger partial charge in [-0.1, -0.05) is 0 Å². The van der Waals surface area contributed by atoms with E-state index < -0.39 is 10.0 Å². The highest BCUT2D eigenvalue weighted by Gasteiger charge is 2.10. The van der Waals surface area contributed by atoms with Gasteiger partial charge in [-0.25, -0.2) is 13.6 Å². The summed E-state index contributed by atoms with van der Waals surface area (Å²) in [4.78, 5) is 0.960. The first-order valence-electron chi connectivity index (χ1n) is 3.30. The molecular formula is C6H10N2O2S2. The lowest BCUT2D eigenvalue weighted by Crippen LogP contribution is -2.10. The fraction of sp³-hybridized carbons (Fsp3) is 0.333. The second-order valence-corrected chi connectivity index (χ2v) is 5.25. The van der Waals surface area contributed by atoms with Crippen molar-refractivity contribution < 1.29 is 8.42 Å². The van der Waals surface area contributed by atoms with Crippen molar-refractivity contribution >= 4 is 21.4 Å². The summed E-state index contributed by atoms with van der Waals surface area (Å²) in [7, 11) is -1.71. The second-order valence-electron chi connectivity index (χ2n) is 2.30. The maximum atomic E-state index is 10.8. The molecular weight excluding hydrogens is 196 g/mol. The highest BCUT2D eigenvalue weighted by Crippen LogP contribution is 2.19. The average Bonchev–Trinajstić information content (AvgIpc) is 2.35. The SMILES string of the molecule is CNCc1ccc(S(N)(=O)=O)s1. The molecule has 4 nitrogen and oxygen atoms in total. The number of thiophene rings is 1. The normalized spacial score (nSPS) is 11.8. The van der Waals surface area contributed by atoms with Gasteiger partial charge in [0.2, 0.25) is 10.0 Å². The van der Waals surface area contributed by atoms with Crippen LogP contribution in [-0.4, -0.2) is 15.5 Å². The van der Waals surface area contributed by atoms with Gasteiger partial charge in [-0.05, 0) is 19.2 Å². The van der Waals surface area contributed by atoms with Crippen LogP contribution < -0.4 is 10.5 Å². The van der Waals surface area contributed by atoms with Crippen LogP contribution in [0.3, 0.4) is 0 Å². The molecule has 12 heavy (non-hydrogen) atoms. The first kappa shape index (κ1) is 9.66. The van der Waals surface area contributed by atoms with Gasteiger partial charge in [0.25, 0.3) is 0 Å². The van der Waals surface area contributed by atoms with Crippen LogP contribution in [0.1, 0.15) is 4.88 Å². The van der Waals surface area contributed by atoms with Crippen LogP contribution in [0.4, 0.5) is 0 Å². The molecule has 0 aliphatic carbocycles. The van der Waals surface area contributed by atoms with Crippen LogP contribution in [-0.2, 0) is 16.6 Å². The third kappa shape index (κ3) is 2.28. The van der Waals surface area contributed by atoms with Crippen molar-refractivity contribution in [2.75, 3.05) is 7.05 Å². The molecule has 0 amide bonds.